The van der Waals surface area contributed by atoms with Gasteiger partial charge in [-0.25, -0.2) is 0 Å². The largest absolute Gasteiger partial charge is 0.497 e. The molecule has 0 unspecified atom stereocenters. The summed E-state index contributed by atoms with van der Waals surface area (Å²) in [6, 6.07) is 15.6. The third-order valence-electron chi connectivity index (χ3n) is 5.75. The number of hydrogen-bond acceptors (Lipinski definition) is 3. The molecule has 1 aliphatic carbocycles. The van der Waals surface area contributed by atoms with Crippen LogP contribution >= 0.6 is 0 Å². The van der Waals surface area contributed by atoms with Crippen LogP contribution in [0.15, 0.2) is 48.5 Å². The van der Waals surface area contributed by atoms with Crippen molar-refractivity contribution in [1.82, 2.24) is 5.32 Å². The van der Waals surface area contributed by atoms with Gasteiger partial charge in [-0.05, 0) is 61.4 Å². The summed E-state index contributed by atoms with van der Waals surface area (Å²) in [5.74, 6) is 0.919. The summed E-state index contributed by atoms with van der Waals surface area (Å²) in [7, 11) is 1.63. The Morgan fingerprint density at radius 1 is 0.931 bits per heavy atom. The fourth-order valence-corrected chi connectivity index (χ4v) is 3.88. The Kier molecular flexibility index (Phi) is 7.28. The number of para-hydroxylation sites is 1. The second-order valence-electron chi connectivity index (χ2n) is 7.61. The highest BCUT2D eigenvalue weighted by atomic mass is 16.5. The van der Waals surface area contributed by atoms with Crippen LogP contribution in [0.2, 0.25) is 0 Å². The number of ether oxygens (including phenoxy) is 1. The molecule has 3 rings (SSSR count). The maximum absolute atomic E-state index is 12.7. The van der Waals surface area contributed by atoms with Crippen LogP contribution < -0.4 is 15.4 Å². The summed E-state index contributed by atoms with van der Waals surface area (Å²) in [4.78, 5) is 25.2. The van der Waals surface area contributed by atoms with Crippen LogP contribution in [0.25, 0.3) is 0 Å². The van der Waals surface area contributed by atoms with Crippen molar-refractivity contribution in [2.45, 2.75) is 45.6 Å². The fraction of sp³-hybridized carbons (Fsp3) is 0.417. The van der Waals surface area contributed by atoms with Gasteiger partial charge in [0, 0.05) is 24.1 Å². The zero-order valence-electron chi connectivity index (χ0n) is 17.2. The summed E-state index contributed by atoms with van der Waals surface area (Å²) in [6.45, 7) is 2.60. The fourth-order valence-electron chi connectivity index (χ4n) is 3.88. The molecule has 29 heavy (non-hydrogen) atoms. The van der Waals surface area contributed by atoms with E-state index in [9.17, 15) is 9.59 Å². The second kappa shape index (κ2) is 10.1. The molecule has 0 atom stereocenters. The lowest BCUT2D eigenvalue weighted by atomic mass is 9.81. The molecule has 0 heterocycles. The Hall–Kier alpha value is -2.82. The van der Waals surface area contributed by atoms with E-state index in [0.29, 0.717) is 6.54 Å². The van der Waals surface area contributed by atoms with E-state index in [4.69, 9.17) is 4.74 Å². The van der Waals surface area contributed by atoms with Crippen LogP contribution in [0, 0.1) is 11.8 Å². The predicted octanol–water partition coefficient (Wildman–Crippen LogP) is 4.32. The Labute approximate surface area is 172 Å². The molecular weight excluding hydrogens is 364 g/mol. The van der Waals surface area contributed by atoms with Crippen molar-refractivity contribution in [2.24, 2.45) is 11.8 Å². The highest BCUT2D eigenvalue weighted by Gasteiger charge is 2.30. The second-order valence-corrected chi connectivity index (χ2v) is 7.61. The van der Waals surface area contributed by atoms with Gasteiger partial charge in [-0.15, -0.1) is 0 Å². The first kappa shape index (κ1) is 20.9. The average molecular weight is 395 g/mol. The van der Waals surface area contributed by atoms with Crippen LogP contribution in [0.1, 0.15) is 43.7 Å². The van der Waals surface area contributed by atoms with Gasteiger partial charge >= 0.3 is 0 Å². The molecule has 2 N–H and O–H groups in total. The minimum Gasteiger partial charge on any atom is -0.497 e. The molecule has 5 heteroatoms. The lowest BCUT2D eigenvalue weighted by molar-refractivity contribution is -0.128. The number of benzene rings is 2. The first-order valence-corrected chi connectivity index (χ1v) is 10.4. The summed E-state index contributed by atoms with van der Waals surface area (Å²) >= 11 is 0. The van der Waals surface area contributed by atoms with Gasteiger partial charge in [0.1, 0.15) is 5.75 Å². The van der Waals surface area contributed by atoms with Crippen LogP contribution in [0.4, 0.5) is 5.69 Å². The Morgan fingerprint density at radius 3 is 2.17 bits per heavy atom. The van der Waals surface area contributed by atoms with Gasteiger partial charge in [-0.2, -0.15) is 0 Å². The van der Waals surface area contributed by atoms with E-state index in [2.05, 4.69) is 17.6 Å². The first-order valence-electron chi connectivity index (χ1n) is 10.4. The van der Waals surface area contributed by atoms with E-state index in [1.54, 1.807) is 7.11 Å². The number of carbonyl (C=O) groups is 2. The van der Waals surface area contributed by atoms with Crippen LogP contribution in [0.3, 0.4) is 0 Å². The maximum atomic E-state index is 12.7. The number of methoxy groups -OCH3 is 1. The minimum absolute atomic E-state index is 0.0137. The van der Waals surface area contributed by atoms with E-state index in [-0.39, 0.29) is 23.7 Å². The average Bonchev–Trinajstić information content (AvgIpc) is 2.78. The van der Waals surface area contributed by atoms with Gasteiger partial charge in [0.15, 0.2) is 0 Å². The zero-order valence-corrected chi connectivity index (χ0v) is 17.2. The van der Waals surface area contributed by atoms with E-state index < -0.39 is 0 Å². The highest BCUT2D eigenvalue weighted by molar-refractivity contribution is 5.93. The molecule has 0 spiro atoms. The SMILES string of the molecule is CCc1ccccc1NC(=O)C1CCC(C(=O)NCc2ccc(OC)cc2)CC1. The normalized spacial score (nSPS) is 18.7. The van der Waals surface area contributed by atoms with E-state index >= 15 is 0 Å². The summed E-state index contributed by atoms with van der Waals surface area (Å²) in [5.41, 5.74) is 3.09. The smallest absolute Gasteiger partial charge is 0.227 e. The van der Waals surface area contributed by atoms with Crippen molar-refractivity contribution in [3.8, 4) is 5.75 Å². The monoisotopic (exact) mass is 394 g/mol. The quantitative estimate of drug-likeness (QED) is 0.735. The van der Waals surface area contributed by atoms with E-state index in [0.717, 1.165) is 54.7 Å². The molecule has 2 aromatic carbocycles. The molecule has 0 saturated heterocycles. The topological polar surface area (TPSA) is 67.4 Å². The van der Waals surface area contributed by atoms with Gasteiger partial charge in [0.25, 0.3) is 0 Å². The number of carbonyl (C=O) groups excluding carboxylic acids is 2. The summed E-state index contributed by atoms with van der Waals surface area (Å²) in [6.07, 6.45) is 3.89. The van der Waals surface area contributed by atoms with E-state index in [1.807, 2.05) is 48.5 Å². The number of rotatable bonds is 7. The molecule has 0 radical (unpaired) electrons. The molecule has 1 aliphatic rings. The van der Waals surface area contributed by atoms with Crippen molar-refractivity contribution < 1.29 is 14.3 Å². The minimum atomic E-state index is -0.0226. The lowest BCUT2D eigenvalue weighted by Crippen LogP contribution is -2.35. The van der Waals surface area contributed by atoms with Crippen LogP contribution in [0.5, 0.6) is 5.75 Å². The third kappa shape index (κ3) is 5.59. The van der Waals surface area contributed by atoms with E-state index in [1.165, 1.54) is 0 Å². The van der Waals surface area contributed by atoms with Crippen molar-refractivity contribution >= 4 is 17.5 Å². The molecule has 5 nitrogen and oxygen atoms in total. The zero-order chi connectivity index (χ0) is 20.6. The molecule has 2 amide bonds. The number of hydrogen-bond donors (Lipinski definition) is 2. The Bertz CT molecular complexity index is 824. The molecule has 1 saturated carbocycles. The number of anilines is 1. The first-order chi connectivity index (χ1) is 14.1. The van der Waals surface area contributed by atoms with Gasteiger partial charge in [-0.3, -0.25) is 9.59 Å². The number of amides is 2. The molecule has 2 aromatic rings. The molecule has 1 fully saturated rings. The molecular formula is C24H30N2O3. The van der Waals surface area contributed by atoms with Crippen molar-refractivity contribution in [3.63, 3.8) is 0 Å². The molecule has 154 valence electrons. The molecule has 0 bridgehead atoms. The highest BCUT2D eigenvalue weighted by Crippen LogP contribution is 2.30. The standard InChI is InChI=1S/C24H30N2O3/c1-3-18-6-4-5-7-22(18)26-24(28)20-12-10-19(11-13-20)23(27)25-16-17-8-14-21(29-2)15-9-17/h4-9,14-15,19-20H,3,10-13,16H2,1-2H3,(H,25,27)(H,26,28). The van der Waals surface area contributed by atoms with Crippen molar-refractivity contribution in [3.05, 3.63) is 59.7 Å². The van der Waals surface area contributed by atoms with Crippen molar-refractivity contribution in [1.29, 1.82) is 0 Å². The maximum Gasteiger partial charge on any atom is 0.227 e. The third-order valence-corrected chi connectivity index (χ3v) is 5.75. The van der Waals surface area contributed by atoms with Crippen LogP contribution in [-0.2, 0) is 22.6 Å². The number of aryl methyl sites for hydroxylation is 1. The lowest BCUT2D eigenvalue weighted by Gasteiger charge is -2.27. The van der Waals surface area contributed by atoms with Gasteiger partial charge in [0.05, 0.1) is 7.11 Å². The van der Waals surface area contributed by atoms with Crippen LogP contribution in [-0.4, -0.2) is 18.9 Å². The summed E-state index contributed by atoms with van der Waals surface area (Å²) < 4.78 is 5.15. The van der Waals surface area contributed by atoms with Gasteiger partial charge in [0.2, 0.25) is 11.8 Å². The Morgan fingerprint density at radius 2 is 1.55 bits per heavy atom. The predicted molar refractivity (Wildman–Crippen MR) is 115 cm³/mol. The number of nitrogens with one attached hydrogen (secondary N) is 2. The molecule has 0 aromatic heterocycles. The van der Waals surface area contributed by atoms with Gasteiger partial charge in [-0.1, -0.05) is 37.3 Å². The molecule has 0 aliphatic heterocycles. The van der Waals surface area contributed by atoms with Gasteiger partial charge < -0.3 is 15.4 Å². The summed E-state index contributed by atoms with van der Waals surface area (Å²) in [5, 5.41) is 6.11. The van der Waals surface area contributed by atoms with Crippen molar-refractivity contribution in [2.75, 3.05) is 12.4 Å². The Balaban J connectivity index is 1.45.